The zero-order valence-corrected chi connectivity index (χ0v) is 20.9. The highest BCUT2D eigenvalue weighted by Crippen LogP contribution is 2.25. The van der Waals surface area contributed by atoms with Crippen LogP contribution in [0.25, 0.3) is 0 Å². The van der Waals surface area contributed by atoms with Gasteiger partial charge >= 0.3 is 0 Å². The van der Waals surface area contributed by atoms with E-state index in [4.69, 9.17) is 4.74 Å². The van der Waals surface area contributed by atoms with Crippen LogP contribution in [-0.4, -0.2) is 75.5 Å². The van der Waals surface area contributed by atoms with Crippen molar-refractivity contribution in [3.63, 3.8) is 0 Å². The first-order valence-corrected chi connectivity index (χ1v) is 11.9. The van der Waals surface area contributed by atoms with Crippen molar-refractivity contribution in [2.24, 2.45) is 4.99 Å². The van der Waals surface area contributed by atoms with E-state index in [-0.39, 0.29) is 71.9 Å². The average Bonchev–Trinajstić information content (AvgIpc) is 3.03. The molecule has 2 fully saturated rings. The predicted octanol–water partition coefficient (Wildman–Crippen LogP) is 1.47. The van der Waals surface area contributed by atoms with Crippen LogP contribution in [0.3, 0.4) is 0 Å². The molecular weight excluding hydrogens is 538 g/mol. The van der Waals surface area contributed by atoms with Gasteiger partial charge in [0.05, 0.1) is 24.2 Å². The molecule has 0 spiro atoms. The second-order valence-corrected chi connectivity index (χ2v) is 10.0. The summed E-state index contributed by atoms with van der Waals surface area (Å²) in [5.74, 6) is 0.343. The fourth-order valence-electron chi connectivity index (χ4n) is 3.81. The summed E-state index contributed by atoms with van der Waals surface area (Å²) in [6.07, 6.45) is 0.441. The highest BCUT2D eigenvalue weighted by atomic mass is 127. The van der Waals surface area contributed by atoms with E-state index in [1.165, 1.54) is 12.1 Å². The molecule has 0 aromatic heterocycles. The molecule has 0 saturated carbocycles. The molecule has 0 aliphatic carbocycles. The molecule has 1 aromatic carbocycles. The van der Waals surface area contributed by atoms with Crippen LogP contribution in [0.5, 0.6) is 0 Å². The van der Waals surface area contributed by atoms with Crippen molar-refractivity contribution in [1.82, 2.24) is 15.5 Å². The Bertz CT molecular complexity index is 882. The maximum absolute atomic E-state index is 13.2. The van der Waals surface area contributed by atoms with Crippen LogP contribution in [-0.2, 0) is 19.4 Å². The number of carbonyl (C=O) groups is 1. The summed E-state index contributed by atoms with van der Waals surface area (Å²) in [7, 11) is -1.34. The van der Waals surface area contributed by atoms with Gasteiger partial charge in [0.25, 0.3) is 0 Å². The van der Waals surface area contributed by atoms with E-state index in [0.29, 0.717) is 32.0 Å². The fraction of sp³-hybridized carbons (Fsp3) is 0.600. The number of amides is 1. The first-order chi connectivity index (χ1) is 14.3. The maximum atomic E-state index is 13.2. The van der Waals surface area contributed by atoms with Gasteiger partial charge in [-0.15, -0.1) is 24.0 Å². The average molecular weight is 568 g/mol. The molecule has 8 nitrogen and oxygen atoms in total. The third kappa shape index (κ3) is 7.56. The Morgan fingerprint density at radius 2 is 2.00 bits per heavy atom. The first-order valence-electron chi connectivity index (χ1n) is 10.1. The lowest BCUT2D eigenvalue weighted by Crippen LogP contribution is -2.51. The Hall–Kier alpha value is -1.47. The smallest absolute Gasteiger partial charge is 0.222 e. The summed E-state index contributed by atoms with van der Waals surface area (Å²) >= 11 is 0. The molecule has 2 heterocycles. The van der Waals surface area contributed by atoms with Gasteiger partial charge in [0.2, 0.25) is 5.91 Å². The van der Waals surface area contributed by atoms with Crippen molar-refractivity contribution >= 4 is 45.7 Å². The number of hydrogen-bond acceptors (Lipinski definition) is 5. The summed E-state index contributed by atoms with van der Waals surface area (Å²) in [5.41, 5.74) is 0.897. The molecule has 31 heavy (non-hydrogen) atoms. The number of guanidine groups is 1. The molecule has 2 aliphatic rings. The Morgan fingerprint density at radius 1 is 1.29 bits per heavy atom. The number of rotatable bonds is 5. The summed E-state index contributed by atoms with van der Waals surface area (Å²) in [6.45, 7) is 3.55. The van der Waals surface area contributed by atoms with E-state index >= 15 is 0 Å². The normalized spacial score (nSPS) is 25.6. The van der Waals surface area contributed by atoms with E-state index in [0.717, 1.165) is 5.56 Å². The number of morpholine rings is 1. The minimum absolute atomic E-state index is 0. The minimum Gasteiger partial charge on any atom is -0.367 e. The lowest BCUT2D eigenvalue weighted by molar-refractivity contribution is -0.121. The molecule has 1 aromatic rings. The highest BCUT2D eigenvalue weighted by molar-refractivity contribution is 14.0. The number of halogens is 2. The van der Waals surface area contributed by atoms with Gasteiger partial charge in [-0.25, -0.2) is 12.8 Å². The lowest BCUT2D eigenvalue weighted by Gasteiger charge is -2.38. The molecule has 0 radical (unpaired) electrons. The van der Waals surface area contributed by atoms with Crippen molar-refractivity contribution in [3.05, 3.63) is 35.6 Å². The maximum Gasteiger partial charge on any atom is 0.222 e. The van der Waals surface area contributed by atoms with Crippen LogP contribution < -0.4 is 10.6 Å². The van der Waals surface area contributed by atoms with Crippen LogP contribution in [0.4, 0.5) is 4.39 Å². The van der Waals surface area contributed by atoms with E-state index in [1.54, 1.807) is 19.2 Å². The van der Waals surface area contributed by atoms with Crippen LogP contribution in [0.1, 0.15) is 31.4 Å². The molecule has 1 amide bonds. The molecule has 2 aliphatic heterocycles. The lowest BCUT2D eigenvalue weighted by atomic mass is 10.1. The molecule has 2 saturated heterocycles. The number of nitrogens with zero attached hydrogens (tertiary/aromatic N) is 2. The number of ether oxygens (including phenoxy) is 1. The van der Waals surface area contributed by atoms with Crippen LogP contribution in [0.2, 0.25) is 0 Å². The van der Waals surface area contributed by atoms with E-state index in [2.05, 4.69) is 20.5 Å². The third-order valence-electron chi connectivity index (χ3n) is 5.25. The number of sulfone groups is 1. The van der Waals surface area contributed by atoms with Crippen molar-refractivity contribution in [3.8, 4) is 0 Å². The Labute approximate surface area is 199 Å². The standard InChI is InChI=1S/C20H29FN4O4S.HI/c1-14-11-25(12-18(29-14)15-3-5-16(21)6-4-15)20(22-2)23-9-7-19(26)24-17-8-10-30(27,28)13-17;/h3-6,14,17-18H,7-13H2,1-2H3,(H,22,23)(H,24,26);1H. The van der Waals surface area contributed by atoms with Crippen molar-refractivity contribution in [1.29, 1.82) is 0 Å². The SMILES string of the molecule is CN=C(NCCC(=O)NC1CCS(=O)(=O)C1)N1CC(C)OC(c2ccc(F)cc2)C1.I. The second kappa shape index (κ2) is 11.4. The zero-order chi connectivity index (χ0) is 21.7. The molecule has 3 rings (SSSR count). The molecule has 3 atom stereocenters. The van der Waals surface area contributed by atoms with E-state index in [1.807, 2.05) is 6.92 Å². The monoisotopic (exact) mass is 568 g/mol. The summed E-state index contributed by atoms with van der Waals surface area (Å²) < 4.78 is 42.2. The fourth-order valence-corrected chi connectivity index (χ4v) is 5.49. The number of hydrogen-bond donors (Lipinski definition) is 2. The number of carbonyl (C=O) groups excluding carboxylic acids is 1. The second-order valence-electron chi connectivity index (χ2n) is 7.78. The molecule has 2 N–H and O–H groups in total. The van der Waals surface area contributed by atoms with Crippen molar-refractivity contribution in [2.75, 3.05) is 38.2 Å². The first kappa shape index (κ1) is 25.8. The van der Waals surface area contributed by atoms with Gasteiger partial charge in [-0.2, -0.15) is 0 Å². The van der Waals surface area contributed by atoms with Crippen LogP contribution in [0.15, 0.2) is 29.3 Å². The molecule has 0 bridgehead atoms. The number of aliphatic imine (C=N–C) groups is 1. The minimum atomic E-state index is -3.02. The molecule has 3 unspecified atom stereocenters. The van der Waals surface area contributed by atoms with Crippen molar-refractivity contribution < 1.29 is 22.3 Å². The quantitative estimate of drug-likeness (QED) is 0.317. The van der Waals surface area contributed by atoms with Gasteiger partial charge in [-0.1, -0.05) is 12.1 Å². The zero-order valence-electron chi connectivity index (χ0n) is 17.7. The van der Waals surface area contributed by atoms with Crippen LogP contribution >= 0.6 is 24.0 Å². The van der Waals surface area contributed by atoms with E-state index < -0.39 is 9.84 Å². The molecule has 174 valence electrons. The van der Waals surface area contributed by atoms with Gasteiger partial charge in [-0.05, 0) is 31.0 Å². The summed E-state index contributed by atoms with van der Waals surface area (Å²) in [6, 6.07) is 5.99. The van der Waals surface area contributed by atoms with Gasteiger partial charge in [0.1, 0.15) is 11.9 Å². The Balaban J connectivity index is 0.00000341. The summed E-state index contributed by atoms with van der Waals surface area (Å²) in [4.78, 5) is 18.5. The van der Waals surface area contributed by atoms with Gasteiger partial charge in [-0.3, -0.25) is 9.79 Å². The van der Waals surface area contributed by atoms with Gasteiger partial charge in [0.15, 0.2) is 15.8 Å². The largest absolute Gasteiger partial charge is 0.367 e. The summed E-state index contributed by atoms with van der Waals surface area (Å²) in [5, 5.41) is 5.98. The predicted molar refractivity (Wildman–Crippen MR) is 128 cm³/mol. The Morgan fingerprint density at radius 3 is 2.61 bits per heavy atom. The molecule has 11 heteroatoms. The van der Waals surface area contributed by atoms with Crippen LogP contribution in [0, 0.1) is 5.82 Å². The van der Waals surface area contributed by atoms with Crippen molar-refractivity contribution in [2.45, 2.75) is 38.0 Å². The van der Waals surface area contributed by atoms with E-state index in [9.17, 15) is 17.6 Å². The van der Waals surface area contributed by atoms with Gasteiger partial charge in [0, 0.05) is 32.6 Å². The number of benzene rings is 1. The third-order valence-corrected chi connectivity index (χ3v) is 7.01. The molecular formula is C20H30FIN4O4S. The highest BCUT2D eigenvalue weighted by Gasteiger charge is 2.30. The number of nitrogens with one attached hydrogen (secondary N) is 2. The Kier molecular flexibility index (Phi) is 9.49. The topological polar surface area (TPSA) is 100 Å². The van der Waals surface area contributed by atoms with Gasteiger partial charge < -0.3 is 20.3 Å².